The number of ether oxygens (including phenoxy) is 1. The van der Waals surface area contributed by atoms with Gasteiger partial charge < -0.3 is 10.1 Å². The molecule has 1 N–H and O–H groups in total. The molecule has 7 rings (SSSR count). The van der Waals surface area contributed by atoms with E-state index in [0.717, 1.165) is 41.1 Å². The minimum Gasteiger partial charge on any atom is -0.497 e. The van der Waals surface area contributed by atoms with E-state index < -0.39 is 0 Å². The zero-order chi connectivity index (χ0) is 28.3. The SMILES string of the molecule is COc1ccc2c(c1)CC[C@@H]1[C@@H]2CC[C@]2(C)c3c(c(=Nc4ccc(C)cc4)c(Nc4ccc(C)cc4)nn3C)C[C@@H]12. The van der Waals surface area contributed by atoms with Gasteiger partial charge in [-0.2, -0.15) is 5.10 Å². The maximum atomic E-state index is 5.56. The summed E-state index contributed by atoms with van der Waals surface area (Å²) in [6, 6.07) is 23.8. The van der Waals surface area contributed by atoms with Crippen molar-refractivity contribution in [2.75, 3.05) is 12.4 Å². The van der Waals surface area contributed by atoms with Crippen molar-refractivity contribution >= 4 is 17.2 Å². The fourth-order valence-corrected chi connectivity index (χ4v) is 8.23. The van der Waals surface area contributed by atoms with E-state index in [-0.39, 0.29) is 5.41 Å². The number of nitrogens with one attached hydrogen (secondary N) is 1. The van der Waals surface area contributed by atoms with Gasteiger partial charge in [0.25, 0.3) is 0 Å². The zero-order valence-corrected chi connectivity index (χ0v) is 24.9. The Labute approximate surface area is 243 Å². The van der Waals surface area contributed by atoms with Crippen LogP contribution in [0.5, 0.6) is 5.75 Å². The molecular formula is C36H40N4O. The molecule has 0 aliphatic heterocycles. The number of rotatable bonds is 4. The Hall–Kier alpha value is -3.86. The van der Waals surface area contributed by atoms with E-state index in [1.165, 1.54) is 47.2 Å². The van der Waals surface area contributed by atoms with Gasteiger partial charge in [0.05, 0.1) is 12.8 Å². The fourth-order valence-electron chi connectivity index (χ4n) is 8.23. The Morgan fingerprint density at radius 1 is 0.976 bits per heavy atom. The van der Waals surface area contributed by atoms with E-state index in [1.807, 2.05) is 0 Å². The van der Waals surface area contributed by atoms with Crippen molar-refractivity contribution in [3.63, 3.8) is 0 Å². The Morgan fingerprint density at radius 3 is 2.44 bits per heavy atom. The summed E-state index contributed by atoms with van der Waals surface area (Å²) in [5.74, 6) is 3.64. The van der Waals surface area contributed by atoms with E-state index in [9.17, 15) is 0 Å². The van der Waals surface area contributed by atoms with Crippen molar-refractivity contribution in [1.29, 1.82) is 0 Å². The first-order valence-electron chi connectivity index (χ1n) is 15.1. The quantitative estimate of drug-likeness (QED) is 0.288. The number of anilines is 2. The van der Waals surface area contributed by atoms with Crippen LogP contribution in [0.2, 0.25) is 0 Å². The van der Waals surface area contributed by atoms with Gasteiger partial charge >= 0.3 is 0 Å². The molecule has 4 aromatic rings. The molecule has 41 heavy (non-hydrogen) atoms. The molecule has 5 nitrogen and oxygen atoms in total. The lowest BCUT2D eigenvalue weighted by molar-refractivity contribution is 0.101. The fraction of sp³-hybridized carbons (Fsp3) is 0.389. The number of nitrogens with zero attached hydrogens (tertiary/aromatic N) is 3. The third kappa shape index (κ3) is 4.37. The molecule has 1 heterocycles. The van der Waals surface area contributed by atoms with Crippen molar-refractivity contribution < 1.29 is 4.74 Å². The predicted octanol–water partition coefficient (Wildman–Crippen LogP) is 7.59. The Balaban J connectivity index is 1.35. The van der Waals surface area contributed by atoms with Crippen LogP contribution in [0.25, 0.3) is 0 Å². The number of hydrogen-bond acceptors (Lipinski definition) is 4. The molecule has 1 aromatic heterocycles. The molecule has 0 radical (unpaired) electrons. The summed E-state index contributed by atoms with van der Waals surface area (Å²) in [5, 5.41) is 9.80. The van der Waals surface area contributed by atoms with Crippen molar-refractivity contribution in [3.8, 4) is 5.75 Å². The highest BCUT2D eigenvalue weighted by atomic mass is 16.5. The average molecular weight is 545 g/mol. The van der Waals surface area contributed by atoms with E-state index in [4.69, 9.17) is 14.8 Å². The minimum atomic E-state index is 0.0855. The van der Waals surface area contributed by atoms with Crippen LogP contribution in [0.15, 0.2) is 71.7 Å². The first-order valence-corrected chi connectivity index (χ1v) is 15.1. The number of hydrogen-bond donors (Lipinski definition) is 1. The summed E-state index contributed by atoms with van der Waals surface area (Å²) in [7, 11) is 3.90. The molecule has 3 aliphatic rings. The van der Waals surface area contributed by atoms with Gasteiger partial charge in [-0.1, -0.05) is 48.4 Å². The third-order valence-electron chi connectivity index (χ3n) is 10.2. The first-order chi connectivity index (χ1) is 19.8. The van der Waals surface area contributed by atoms with Crippen LogP contribution in [0.3, 0.4) is 0 Å². The lowest BCUT2D eigenvalue weighted by Crippen LogP contribution is -2.44. The van der Waals surface area contributed by atoms with Crippen LogP contribution < -0.4 is 15.4 Å². The van der Waals surface area contributed by atoms with Crippen LogP contribution >= 0.6 is 0 Å². The van der Waals surface area contributed by atoms with Gasteiger partial charge in [0.2, 0.25) is 0 Å². The number of benzene rings is 3. The van der Waals surface area contributed by atoms with Gasteiger partial charge in [0.15, 0.2) is 5.82 Å². The first kappa shape index (κ1) is 26.1. The van der Waals surface area contributed by atoms with Crippen molar-refractivity contribution in [2.45, 2.75) is 64.2 Å². The topological polar surface area (TPSA) is 51.4 Å². The van der Waals surface area contributed by atoms with Crippen LogP contribution in [-0.2, 0) is 25.3 Å². The molecule has 0 spiro atoms. The van der Waals surface area contributed by atoms with Gasteiger partial charge in [-0.05, 0) is 111 Å². The highest BCUT2D eigenvalue weighted by molar-refractivity contribution is 5.59. The highest BCUT2D eigenvalue weighted by Gasteiger charge is 2.54. The van der Waals surface area contributed by atoms with Gasteiger partial charge in [0, 0.05) is 29.4 Å². The second-order valence-electron chi connectivity index (χ2n) is 12.7. The molecule has 0 bridgehead atoms. The second kappa shape index (κ2) is 9.90. The molecule has 4 atom stereocenters. The van der Waals surface area contributed by atoms with Gasteiger partial charge in [-0.25, -0.2) is 4.99 Å². The van der Waals surface area contributed by atoms with Gasteiger partial charge in [-0.15, -0.1) is 0 Å². The molecule has 0 saturated heterocycles. The molecule has 1 saturated carbocycles. The monoisotopic (exact) mass is 544 g/mol. The van der Waals surface area contributed by atoms with Crippen LogP contribution in [-0.4, -0.2) is 16.9 Å². The molecule has 1 fully saturated rings. The largest absolute Gasteiger partial charge is 0.497 e. The zero-order valence-electron chi connectivity index (χ0n) is 24.9. The Kier molecular flexibility index (Phi) is 6.29. The van der Waals surface area contributed by atoms with Crippen molar-refractivity contribution in [3.05, 3.63) is 106 Å². The van der Waals surface area contributed by atoms with E-state index in [2.05, 4.69) is 105 Å². The van der Waals surface area contributed by atoms with Crippen molar-refractivity contribution in [1.82, 2.24) is 9.78 Å². The molecular weight excluding hydrogens is 504 g/mol. The molecule has 3 aromatic carbocycles. The second-order valence-corrected chi connectivity index (χ2v) is 12.7. The normalized spacial score (nSPS) is 24.7. The predicted molar refractivity (Wildman–Crippen MR) is 165 cm³/mol. The molecule has 0 unspecified atom stereocenters. The molecule has 210 valence electrons. The number of fused-ring (bicyclic) bond motifs is 7. The number of methoxy groups -OCH3 is 1. The summed E-state index contributed by atoms with van der Waals surface area (Å²) >= 11 is 0. The van der Waals surface area contributed by atoms with Gasteiger partial charge in [-0.3, -0.25) is 4.68 Å². The van der Waals surface area contributed by atoms with E-state index in [0.29, 0.717) is 17.8 Å². The maximum absolute atomic E-state index is 5.56. The molecule has 5 heteroatoms. The lowest BCUT2D eigenvalue weighted by atomic mass is 9.55. The van der Waals surface area contributed by atoms with Gasteiger partial charge in [0.1, 0.15) is 11.1 Å². The van der Waals surface area contributed by atoms with E-state index >= 15 is 0 Å². The lowest BCUT2D eigenvalue weighted by Gasteiger charge is -2.49. The molecule has 3 aliphatic carbocycles. The standard InChI is InChI=1S/C36H40N4O/c1-22-6-11-25(12-7-22)37-33-31-21-32-30-16-10-24-20-27(41-5)15-17-28(24)29(30)18-19-36(32,3)34(31)40(4)39-35(33)38-26-13-8-23(2)9-14-26/h6-9,11-15,17,20,29-30,32H,10,16,18-19,21H2,1-5H3,(H,38,39)/t29-,30-,32+,36+/m1/s1. The number of aromatic nitrogens is 2. The summed E-state index contributed by atoms with van der Waals surface area (Å²) in [4.78, 5) is 5.30. The minimum absolute atomic E-state index is 0.0855. The Bertz CT molecular complexity index is 1680. The van der Waals surface area contributed by atoms with Crippen LogP contribution in [0.4, 0.5) is 17.2 Å². The van der Waals surface area contributed by atoms with Crippen LogP contribution in [0.1, 0.15) is 65.6 Å². The average Bonchev–Trinajstić information content (AvgIpc) is 3.30. The summed E-state index contributed by atoms with van der Waals surface area (Å²) in [6.07, 6.45) is 5.78. The summed E-state index contributed by atoms with van der Waals surface area (Å²) in [6.45, 7) is 6.75. The highest BCUT2D eigenvalue weighted by Crippen LogP contribution is 2.59. The number of aryl methyl sites for hydroxylation is 4. The van der Waals surface area contributed by atoms with E-state index in [1.54, 1.807) is 12.7 Å². The van der Waals surface area contributed by atoms with Crippen molar-refractivity contribution in [2.24, 2.45) is 23.9 Å². The van der Waals surface area contributed by atoms with Crippen LogP contribution in [0, 0.1) is 25.7 Å². The maximum Gasteiger partial charge on any atom is 0.177 e. The Morgan fingerprint density at radius 2 is 1.71 bits per heavy atom. The summed E-state index contributed by atoms with van der Waals surface area (Å²) < 4.78 is 7.73. The smallest absolute Gasteiger partial charge is 0.177 e. The summed E-state index contributed by atoms with van der Waals surface area (Å²) in [5.41, 5.74) is 10.3. The third-order valence-corrected chi connectivity index (χ3v) is 10.2. The molecule has 0 amide bonds.